The summed E-state index contributed by atoms with van der Waals surface area (Å²) in [7, 11) is 0. The highest BCUT2D eigenvalue weighted by Gasteiger charge is 2.31. The van der Waals surface area contributed by atoms with E-state index in [4.69, 9.17) is 4.74 Å². The summed E-state index contributed by atoms with van der Waals surface area (Å²) in [5.74, 6) is 0.0147. The lowest BCUT2D eigenvalue weighted by Gasteiger charge is -2.34. The van der Waals surface area contributed by atoms with Crippen LogP contribution >= 0.6 is 0 Å². The number of benzene rings is 2. The molecule has 0 spiro atoms. The minimum atomic E-state index is -1.10. The van der Waals surface area contributed by atoms with Gasteiger partial charge >= 0.3 is 11.9 Å². The van der Waals surface area contributed by atoms with E-state index < -0.39 is 18.0 Å². The smallest absolute Gasteiger partial charge is 0.339 e. The molecule has 0 bridgehead atoms. The molecule has 3 saturated carbocycles. The predicted octanol–water partition coefficient (Wildman–Crippen LogP) is 9.45. The molecule has 3 fully saturated rings. The fraction of sp³-hybridized carbons (Fsp3) is 0.588. The fourth-order valence-corrected chi connectivity index (χ4v) is 7.50. The van der Waals surface area contributed by atoms with Crippen LogP contribution in [0.3, 0.4) is 0 Å². The van der Waals surface area contributed by atoms with Gasteiger partial charge in [0.15, 0.2) is 0 Å². The molecule has 1 atom stereocenters. The third kappa shape index (κ3) is 6.00. The van der Waals surface area contributed by atoms with E-state index in [2.05, 4.69) is 12.1 Å². The number of esters is 1. The molecule has 3 aliphatic rings. The van der Waals surface area contributed by atoms with Crippen molar-refractivity contribution in [3.8, 4) is 0 Å². The number of hydrogen-bond acceptors (Lipinski definition) is 3. The van der Waals surface area contributed by atoms with Crippen molar-refractivity contribution < 1.29 is 19.4 Å². The van der Waals surface area contributed by atoms with Crippen molar-refractivity contribution >= 4 is 11.9 Å². The molecule has 2 aromatic rings. The molecule has 3 aliphatic carbocycles. The SMILES string of the molecule is C[C@@H](OC(=O)c1ccccc1C(=O)O)c1c(C2CCCCC2)cc(C2CCCCC2)cc1C1CCCCC1. The number of carboxylic acids is 1. The Morgan fingerprint density at radius 3 is 1.63 bits per heavy atom. The standard InChI is InChI=1S/C34H44O4/c1-23(38-34(37)29-20-12-11-19-28(29)33(35)36)32-30(25-15-7-3-8-16-25)21-27(24-13-5-2-6-14-24)22-31(32)26-17-9-4-10-18-26/h11-12,19-26H,2-10,13-18H2,1H3,(H,35,36)/t23-/m1/s1. The van der Waals surface area contributed by atoms with Crippen molar-refractivity contribution in [3.63, 3.8) is 0 Å². The number of ether oxygens (including phenoxy) is 1. The van der Waals surface area contributed by atoms with Gasteiger partial charge in [0.1, 0.15) is 6.10 Å². The highest BCUT2D eigenvalue weighted by molar-refractivity contribution is 6.02. The van der Waals surface area contributed by atoms with Crippen LogP contribution in [0.25, 0.3) is 0 Å². The molecule has 2 aromatic carbocycles. The first kappa shape index (κ1) is 27.0. The van der Waals surface area contributed by atoms with Crippen molar-refractivity contribution in [1.82, 2.24) is 0 Å². The zero-order chi connectivity index (χ0) is 26.5. The number of hydrogen-bond donors (Lipinski definition) is 1. The molecule has 5 rings (SSSR count). The number of carboxylic acid groups (broad SMARTS) is 1. The molecule has 0 amide bonds. The molecule has 38 heavy (non-hydrogen) atoms. The van der Waals surface area contributed by atoms with E-state index in [1.54, 1.807) is 18.2 Å². The average molecular weight is 517 g/mol. The molecule has 0 radical (unpaired) electrons. The minimum Gasteiger partial charge on any atom is -0.478 e. The van der Waals surface area contributed by atoms with Gasteiger partial charge in [-0.05, 0) is 97.6 Å². The van der Waals surface area contributed by atoms with Gasteiger partial charge in [-0.1, -0.05) is 82.1 Å². The summed E-state index contributed by atoms with van der Waals surface area (Å²) in [6, 6.07) is 11.4. The van der Waals surface area contributed by atoms with Gasteiger partial charge in [0, 0.05) is 0 Å². The van der Waals surface area contributed by atoms with Crippen molar-refractivity contribution in [1.29, 1.82) is 0 Å². The maximum atomic E-state index is 13.4. The molecule has 4 nitrogen and oxygen atoms in total. The minimum absolute atomic E-state index is 0.00245. The first-order valence-electron chi connectivity index (χ1n) is 15.2. The van der Waals surface area contributed by atoms with Crippen LogP contribution in [-0.4, -0.2) is 17.0 Å². The Balaban J connectivity index is 1.57. The fourth-order valence-electron chi connectivity index (χ4n) is 7.50. The van der Waals surface area contributed by atoms with Crippen molar-refractivity contribution in [3.05, 3.63) is 69.8 Å². The van der Waals surface area contributed by atoms with Gasteiger partial charge in [0.05, 0.1) is 11.1 Å². The normalized spacial score (nSPS) is 20.7. The van der Waals surface area contributed by atoms with Gasteiger partial charge in [0.25, 0.3) is 0 Å². The molecule has 0 saturated heterocycles. The summed E-state index contributed by atoms with van der Waals surface area (Å²) in [6.45, 7) is 2.01. The van der Waals surface area contributed by atoms with Crippen LogP contribution in [0.4, 0.5) is 0 Å². The highest BCUT2D eigenvalue weighted by atomic mass is 16.5. The third-order valence-electron chi connectivity index (χ3n) is 9.50. The second kappa shape index (κ2) is 12.5. The molecule has 0 unspecified atom stereocenters. The Labute approximate surface area is 228 Å². The second-order valence-corrected chi connectivity index (χ2v) is 12.0. The second-order valence-electron chi connectivity index (χ2n) is 12.0. The van der Waals surface area contributed by atoms with E-state index >= 15 is 0 Å². The summed E-state index contributed by atoms with van der Waals surface area (Å²) < 4.78 is 6.16. The number of carbonyl (C=O) groups is 2. The first-order chi connectivity index (χ1) is 18.5. The Bertz CT molecular complexity index is 1080. The van der Waals surface area contributed by atoms with Crippen molar-refractivity contribution in [2.75, 3.05) is 0 Å². The van der Waals surface area contributed by atoms with Crippen molar-refractivity contribution in [2.45, 2.75) is 127 Å². The van der Waals surface area contributed by atoms with E-state index in [1.165, 1.54) is 125 Å². The van der Waals surface area contributed by atoms with Gasteiger partial charge in [-0.2, -0.15) is 0 Å². The lowest BCUT2D eigenvalue weighted by atomic mass is 9.72. The highest BCUT2D eigenvalue weighted by Crippen LogP contribution is 2.46. The predicted molar refractivity (Wildman–Crippen MR) is 151 cm³/mol. The van der Waals surface area contributed by atoms with E-state index in [0.29, 0.717) is 17.8 Å². The lowest BCUT2D eigenvalue weighted by molar-refractivity contribution is 0.0326. The molecule has 204 valence electrons. The van der Waals surface area contributed by atoms with E-state index in [9.17, 15) is 14.7 Å². The number of aromatic carboxylic acids is 1. The Morgan fingerprint density at radius 2 is 1.16 bits per heavy atom. The maximum Gasteiger partial charge on any atom is 0.339 e. The monoisotopic (exact) mass is 516 g/mol. The van der Waals surface area contributed by atoms with Gasteiger partial charge in [-0.3, -0.25) is 0 Å². The lowest BCUT2D eigenvalue weighted by Crippen LogP contribution is -2.20. The molecule has 4 heteroatoms. The van der Waals surface area contributed by atoms with Crippen LogP contribution in [0, 0.1) is 0 Å². The largest absolute Gasteiger partial charge is 0.478 e. The van der Waals surface area contributed by atoms with Crippen LogP contribution in [0.1, 0.15) is 170 Å². The summed E-state index contributed by atoms with van der Waals surface area (Å²) in [4.78, 5) is 25.1. The van der Waals surface area contributed by atoms with E-state index in [1.807, 2.05) is 6.92 Å². The topological polar surface area (TPSA) is 63.6 Å². The summed E-state index contributed by atoms with van der Waals surface area (Å²) >= 11 is 0. The van der Waals surface area contributed by atoms with Crippen LogP contribution < -0.4 is 0 Å². The van der Waals surface area contributed by atoms with Crippen LogP contribution in [0.2, 0.25) is 0 Å². The van der Waals surface area contributed by atoms with E-state index in [-0.39, 0.29) is 11.1 Å². The zero-order valence-corrected chi connectivity index (χ0v) is 23.1. The van der Waals surface area contributed by atoms with Gasteiger partial charge in [-0.25, -0.2) is 9.59 Å². The molecular formula is C34H44O4. The quantitative estimate of drug-likeness (QED) is 0.372. The van der Waals surface area contributed by atoms with Crippen LogP contribution in [-0.2, 0) is 4.74 Å². The third-order valence-corrected chi connectivity index (χ3v) is 9.50. The summed E-state index contributed by atoms with van der Waals surface area (Å²) in [6.07, 6.45) is 18.6. The molecule has 0 heterocycles. The Kier molecular flexibility index (Phi) is 8.86. The van der Waals surface area contributed by atoms with Crippen LogP contribution in [0.15, 0.2) is 36.4 Å². The Hall–Kier alpha value is -2.62. The molecule has 0 aliphatic heterocycles. The zero-order valence-electron chi connectivity index (χ0n) is 23.1. The van der Waals surface area contributed by atoms with Gasteiger partial charge < -0.3 is 9.84 Å². The van der Waals surface area contributed by atoms with E-state index in [0.717, 1.165) is 0 Å². The summed E-state index contributed by atoms with van der Waals surface area (Å²) in [5.41, 5.74) is 5.70. The van der Waals surface area contributed by atoms with Gasteiger partial charge in [-0.15, -0.1) is 0 Å². The number of rotatable bonds is 7. The molecular weight excluding hydrogens is 472 g/mol. The molecule has 1 N–H and O–H groups in total. The van der Waals surface area contributed by atoms with Gasteiger partial charge in [0.2, 0.25) is 0 Å². The first-order valence-corrected chi connectivity index (χ1v) is 15.2. The molecule has 0 aromatic heterocycles. The van der Waals surface area contributed by atoms with Crippen LogP contribution in [0.5, 0.6) is 0 Å². The van der Waals surface area contributed by atoms with Crippen molar-refractivity contribution in [2.24, 2.45) is 0 Å². The number of carbonyl (C=O) groups excluding carboxylic acids is 1. The average Bonchev–Trinajstić information content (AvgIpc) is 2.97. The summed E-state index contributed by atoms with van der Waals surface area (Å²) in [5, 5.41) is 9.64. The maximum absolute atomic E-state index is 13.4. The Morgan fingerprint density at radius 1 is 0.711 bits per heavy atom.